The zero-order chi connectivity index (χ0) is 16.4. The molecule has 0 N–H and O–H groups in total. The molecular formula is C19H17FN2OS. The van der Waals surface area contributed by atoms with E-state index in [1.54, 1.807) is 11.8 Å². The zero-order valence-electron chi connectivity index (χ0n) is 13.1. The summed E-state index contributed by atoms with van der Waals surface area (Å²) in [6.45, 7) is 1.42. The molecule has 2 aliphatic rings. The number of allylic oxidation sites excluding steroid dienone is 1. The summed E-state index contributed by atoms with van der Waals surface area (Å²) < 4.78 is 18.9. The van der Waals surface area contributed by atoms with E-state index in [4.69, 9.17) is 9.73 Å². The minimum Gasteiger partial charge on any atom is -0.490 e. The van der Waals surface area contributed by atoms with Crippen LogP contribution in [0.5, 0.6) is 5.75 Å². The molecular weight excluding hydrogens is 323 g/mol. The largest absolute Gasteiger partial charge is 0.490 e. The Morgan fingerprint density at radius 3 is 2.71 bits per heavy atom. The first-order valence-corrected chi connectivity index (χ1v) is 8.81. The van der Waals surface area contributed by atoms with Gasteiger partial charge in [0.2, 0.25) is 0 Å². The topological polar surface area (TPSA) is 24.8 Å². The molecule has 2 heterocycles. The molecule has 2 aromatic carbocycles. The number of fused-ring (bicyclic) bond motifs is 1. The third kappa shape index (κ3) is 3.31. The van der Waals surface area contributed by atoms with Crippen molar-refractivity contribution in [2.75, 3.05) is 18.1 Å². The van der Waals surface area contributed by atoms with Gasteiger partial charge >= 0.3 is 0 Å². The SMILES string of the molecule is Fc1ccc(N2C=C3SC(COc4ccccc4)N=C3CC2)cc1. The number of rotatable bonds is 4. The van der Waals surface area contributed by atoms with Gasteiger partial charge in [0.05, 0.1) is 5.71 Å². The third-order valence-corrected chi connectivity index (χ3v) is 5.11. The lowest BCUT2D eigenvalue weighted by Crippen LogP contribution is -2.25. The second-order valence-electron chi connectivity index (χ2n) is 5.69. The minimum atomic E-state index is -0.209. The summed E-state index contributed by atoms with van der Waals surface area (Å²) >= 11 is 1.73. The molecule has 0 bridgehead atoms. The van der Waals surface area contributed by atoms with Crippen molar-refractivity contribution >= 4 is 23.2 Å². The number of benzene rings is 2. The second kappa shape index (κ2) is 6.69. The van der Waals surface area contributed by atoms with Gasteiger partial charge in [0.25, 0.3) is 0 Å². The standard InChI is InChI=1S/C19H17FN2OS/c20-14-6-8-15(9-7-14)22-11-10-17-18(12-22)24-19(21-17)13-23-16-4-2-1-3-5-16/h1-9,12,19H,10-11,13H2. The Morgan fingerprint density at radius 1 is 1.12 bits per heavy atom. The summed E-state index contributed by atoms with van der Waals surface area (Å²) in [6, 6.07) is 16.4. The Balaban J connectivity index is 1.42. The van der Waals surface area contributed by atoms with Gasteiger partial charge in [0, 0.05) is 29.8 Å². The molecule has 0 aliphatic carbocycles. The maximum absolute atomic E-state index is 13.1. The fourth-order valence-electron chi connectivity index (χ4n) is 2.80. The molecule has 122 valence electrons. The van der Waals surface area contributed by atoms with E-state index in [0.29, 0.717) is 6.61 Å². The highest BCUT2D eigenvalue weighted by atomic mass is 32.2. The van der Waals surface area contributed by atoms with Gasteiger partial charge in [-0.15, -0.1) is 0 Å². The minimum absolute atomic E-state index is 0.0969. The van der Waals surface area contributed by atoms with Crippen LogP contribution in [0.2, 0.25) is 0 Å². The predicted octanol–water partition coefficient (Wildman–Crippen LogP) is 4.47. The van der Waals surface area contributed by atoms with Gasteiger partial charge in [-0.3, -0.25) is 4.99 Å². The fraction of sp³-hybridized carbons (Fsp3) is 0.211. The average Bonchev–Trinajstić information content (AvgIpc) is 3.03. The molecule has 5 heteroatoms. The van der Waals surface area contributed by atoms with E-state index in [0.717, 1.165) is 30.1 Å². The Labute approximate surface area is 144 Å². The van der Waals surface area contributed by atoms with Crippen molar-refractivity contribution in [1.29, 1.82) is 0 Å². The lowest BCUT2D eigenvalue weighted by atomic mass is 10.1. The summed E-state index contributed by atoms with van der Waals surface area (Å²) in [6.07, 6.45) is 3.01. The molecule has 2 aromatic rings. The predicted molar refractivity (Wildman–Crippen MR) is 97.2 cm³/mol. The first-order chi connectivity index (χ1) is 11.8. The van der Waals surface area contributed by atoms with Crippen LogP contribution in [-0.4, -0.2) is 24.2 Å². The van der Waals surface area contributed by atoms with Crippen LogP contribution < -0.4 is 9.64 Å². The molecule has 0 spiro atoms. The number of aliphatic imine (C=N–C) groups is 1. The molecule has 0 aromatic heterocycles. The van der Waals surface area contributed by atoms with Crippen molar-refractivity contribution in [3.8, 4) is 5.75 Å². The molecule has 0 saturated carbocycles. The monoisotopic (exact) mass is 340 g/mol. The lowest BCUT2D eigenvalue weighted by molar-refractivity contribution is 0.320. The number of thioether (sulfide) groups is 1. The maximum atomic E-state index is 13.1. The maximum Gasteiger partial charge on any atom is 0.134 e. The van der Waals surface area contributed by atoms with Crippen molar-refractivity contribution in [3.05, 3.63) is 71.5 Å². The summed E-state index contributed by atoms with van der Waals surface area (Å²) in [5.41, 5.74) is 2.16. The van der Waals surface area contributed by atoms with Gasteiger partial charge in [-0.1, -0.05) is 30.0 Å². The van der Waals surface area contributed by atoms with E-state index in [1.807, 2.05) is 42.5 Å². The second-order valence-corrected chi connectivity index (χ2v) is 6.91. The summed E-state index contributed by atoms with van der Waals surface area (Å²) in [5.74, 6) is 0.661. The normalized spacial score (nSPS) is 19.5. The first-order valence-electron chi connectivity index (χ1n) is 7.93. The number of hydrogen-bond acceptors (Lipinski definition) is 4. The van der Waals surface area contributed by atoms with Crippen molar-refractivity contribution < 1.29 is 9.13 Å². The molecule has 2 aliphatic heterocycles. The van der Waals surface area contributed by atoms with Crippen molar-refractivity contribution in [3.63, 3.8) is 0 Å². The Hall–Kier alpha value is -2.27. The quantitative estimate of drug-likeness (QED) is 0.821. The van der Waals surface area contributed by atoms with Gasteiger partial charge < -0.3 is 9.64 Å². The van der Waals surface area contributed by atoms with Crippen molar-refractivity contribution in [2.24, 2.45) is 4.99 Å². The number of para-hydroxylation sites is 1. The van der Waals surface area contributed by atoms with E-state index >= 15 is 0 Å². The van der Waals surface area contributed by atoms with Crippen LogP contribution in [0.15, 0.2) is 70.7 Å². The van der Waals surface area contributed by atoms with E-state index in [2.05, 4.69) is 11.1 Å². The smallest absolute Gasteiger partial charge is 0.134 e. The Morgan fingerprint density at radius 2 is 1.92 bits per heavy atom. The molecule has 4 rings (SSSR count). The molecule has 0 fully saturated rings. The molecule has 0 saturated heterocycles. The number of nitrogens with zero attached hydrogens (tertiary/aromatic N) is 2. The van der Waals surface area contributed by atoms with Gasteiger partial charge in [-0.25, -0.2) is 4.39 Å². The molecule has 1 unspecified atom stereocenters. The van der Waals surface area contributed by atoms with E-state index in [-0.39, 0.29) is 11.2 Å². The Kier molecular flexibility index (Phi) is 4.26. The Bertz CT molecular complexity index is 774. The molecule has 0 amide bonds. The van der Waals surface area contributed by atoms with Crippen LogP contribution in [0.3, 0.4) is 0 Å². The third-order valence-electron chi connectivity index (χ3n) is 4.00. The van der Waals surface area contributed by atoms with Gasteiger partial charge in [-0.05, 0) is 36.4 Å². The molecule has 24 heavy (non-hydrogen) atoms. The summed E-state index contributed by atoms with van der Waals surface area (Å²) in [5, 5.41) is 0.0969. The highest BCUT2D eigenvalue weighted by molar-refractivity contribution is 8.05. The van der Waals surface area contributed by atoms with E-state index in [1.165, 1.54) is 17.0 Å². The summed E-state index contributed by atoms with van der Waals surface area (Å²) in [7, 11) is 0. The summed E-state index contributed by atoms with van der Waals surface area (Å²) in [4.78, 5) is 8.11. The number of ether oxygens (including phenoxy) is 1. The molecule has 1 atom stereocenters. The number of halogens is 1. The van der Waals surface area contributed by atoms with Gasteiger partial charge in [0.1, 0.15) is 23.5 Å². The van der Waals surface area contributed by atoms with Crippen LogP contribution in [0.1, 0.15) is 6.42 Å². The van der Waals surface area contributed by atoms with Gasteiger partial charge in [-0.2, -0.15) is 0 Å². The number of hydrogen-bond donors (Lipinski definition) is 0. The average molecular weight is 340 g/mol. The number of anilines is 1. The van der Waals surface area contributed by atoms with Crippen molar-refractivity contribution in [2.45, 2.75) is 11.8 Å². The van der Waals surface area contributed by atoms with E-state index < -0.39 is 0 Å². The highest BCUT2D eigenvalue weighted by Gasteiger charge is 2.28. The molecule has 3 nitrogen and oxygen atoms in total. The van der Waals surface area contributed by atoms with Crippen LogP contribution in [0, 0.1) is 5.82 Å². The fourth-order valence-corrected chi connectivity index (χ4v) is 3.88. The zero-order valence-corrected chi connectivity index (χ0v) is 13.9. The molecule has 0 radical (unpaired) electrons. The van der Waals surface area contributed by atoms with Gasteiger partial charge in [0.15, 0.2) is 0 Å². The highest BCUT2D eigenvalue weighted by Crippen LogP contribution is 2.36. The van der Waals surface area contributed by atoms with Crippen LogP contribution in [0.4, 0.5) is 10.1 Å². The lowest BCUT2D eigenvalue weighted by Gasteiger charge is -2.25. The van der Waals surface area contributed by atoms with Crippen LogP contribution in [-0.2, 0) is 0 Å². The van der Waals surface area contributed by atoms with Crippen LogP contribution >= 0.6 is 11.8 Å². The van der Waals surface area contributed by atoms with Crippen molar-refractivity contribution in [1.82, 2.24) is 0 Å². The first kappa shape index (κ1) is 15.3. The van der Waals surface area contributed by atoms with E-state index in [9.17, 15) is 4.39 Å². The van der Waals surface area contributed by atoms with Crippen LogP contribution in [0.25, 0.3) is 0 Å².